The molecule has 104 valence electrons. The lowest BCUT2D eigenvalue weighted by atomic mass is 10.1. The molecule has 0 bridgehead atoms. The normalized spacial score (nSPS) is 12.6. The summed E-state index contributed by atoms with van der Waals surface area (Å²) in [6, 6.07) is -0.144. The van der Waals surface area contributed by atoms with Gasteiger partial charge in [0.1, 0.15) is 0 Å². The van der Waals surface area contributed by atoms with Gasteiger partial charge >= 0.3 is 0 Å². The van der Waals surface area contributed by atoms with Gasteiger partial charge in [-0.05, 0) is 13.3 Å². The van der Waals surface area contributed by atoms with Crippen molar-refractivity contribution >= 4 is 11.3 Å². The maximum atomic E-state index is 6.31. The van der Waals surface area contributed by atoms with E-state index in [1.54, 1.807) is 24.6 Å². The Labute approximate surface area is 117 Å². The third-order valence-electron chi connectivity index (χ3n) is 2.91. The van der Waals surface area contributed by atoms with Crippen LogP contribution in [0.1, 0.15) is 35.8 Å². The Morgan fingerprint density at radius 3 is 2.89 bits per heavy atom. The van der Waals surface area contributed by atoms with Crippen LogP contribution < -0.4 is 10.5 Å². The summed E-state index contributed by atoms with van der Waals surface area (Å²) in [5, 5.41) is 7.44. The zero-order valence-corrected chi connectivity index (χ0v) is 12.4. The average molecular weight is 280 g/mol. The fourth-order valence-corrected chi connectivity index (χ4v) is 2.91. The second-order valence-electron chi connectivity index (χ2n) is 4.51. The summed E-state index contributed by atoms with van der Waals surface area (Å²) in [6.07, 6.45) is 3.46. The molecule has 0 aliphatic carbocycles. The van der Waals surface area contributed by atoms with E-state index in [0.717, 1.165) is 35.1 Å². The van der Waals surface area contributed by atoms with Gasteiger partial charge in [0.25, 0.3) is 0 Å². The molecule has 6 heteroatoms. The van der Waals surface area contributed by atoms with E-state index in [4.69, 9.17) is 10.5 Å². The van der Waals surface area contributed by atoms with Crippen molar-refractivity contribution in [3.8, 4) is 5.75 Å². The number of hydrogen-bond donors (Lipinski definition) is 1. The maximum absolute atomic E-state index is 6.31. The van der Waals surface area contributed by atoms with Gasteiger partial charge < -0.3 is 10.5 Å². The number of nitrogens with two attached hydrogens (primary N) is 1. The van der Waals surface area contributed by atoms with E-state index in [1.165, 1.54) is 0 Å². The zero-order valence-electron chi connectivity index (χ0n) is 11.6. The first-order chi connectivity index (χ1) is 9.15. The molecular weight excluding hydrogens is 260 g/mol. The van der Waals surface area contributed by atoms with Crippen molar-refractivity contribution in [1.82, 2.24) is 14.8 Å². The van der Waals surface area contributed by atoms with Crippen molar-refractivity contribution in [3.05, 3.63) is 28.0 Å². The average Bonchev–Trinajstić information content (AvgIpc) is 2.96. The van der Waals surface area contributed by atoms with Crippen molar-refractivity contribution in [3.63, 3.8) is 0 Å². The highest BCUT2D eigenvalue weighted by atomic mass is 32.1. The zero-order chi connectivity index (χ0) is 13.8. The highest BCUT2D eigenvalue weighted by Crippen LogP contribution is 2.27. The van der Waals surface area contributed by atoms with Crippen LogP contribution in [0.2, 0.25) is 0 Å². The molecule has 0 amide bonds. The van der Waals surface area contributed by atoms with Gasteiger partial charge in [0, 0.05) is 24.0 Å². The Kier molecular flexibility index (Phi) is 4.55. The Morgan fingerprint density at radius 1 is 1.53 bits per heavy atom. The number of aromatic nitrogens is 3. The third kappa shape index (κ3) is 3.13. The van der Waals surface area contributed by atoms with Crippen LogP contribution in [-0.2, 0) is 13.0 Å². The Morgan fingerprint density at radius 2 is 2.32 bits per heavy atom. The summed E-state index contributed by atoms with van der Waals surface area (Å²) >= 11 is 1.65. The van der Waals surface area contributed by atoms with Crippen molar-refractivity contribution in [2.45, 2.75) is 39.3 Å². The standard InChI is InChI=1S/C13H20N4OS/c1-4-5-17-13(11(18-3)7-15-17)10(14)6-12-16-9(2)8-19-12/h7-8,10H,4-6,14H2,1-3H3. The quantitative estimate of drug-likeness (QED) is 0.881. The molecule has 5 nitrogen and oxygen atoms in total. The molecule has 2 N–H and O–H groups in total. The van der Waals surface area contributed by atoms with Crippen molar-refractivity contribution < 1.29 is 4.74 Å². The van der Waals surface area contributed by atoms with Crippen LogP contribution in [0.4, 0.5) is 0 Å². The predicted octanol–water partition coefficient (Wildman–Crippen LogP) is 2.31. The van der Waals surface area contributed by atoms with Gasteiger partial charge in [-0.2, -0.15) is 5.10 Å². The van der Waals surface area contributed by atoms with E-state index in [1.807, 2.05) is 17.0 Å². The lowest BCUT2D eigenvalue weighted by Crippen LogP contribution is -2.19. The van der Waals surface area contributed by atoms with Gasteiger partial charge in [-0.1, -0.05) is 6.92 Å². The van der Waals surface area contributed by atoms with Gasteiger partial charge in [-0.15, -0.1) is 11.3 Å². The number of nitrogens with zero attached hydrogens (tertiary/aromatic N) is 3. The van der Waals surface area contributed by atoms with Gasteiger partial charge in [0.05, 0.1) is 30.1 Å². The molecule has 0 fully saturated rings. The van der Waals surface area contributed by atoms with Crippen LogP contribution in [0.15, 0.2) is 11.6 Å². The second kappa shape index (κ2) is 6.16. The predicted molar refractivity (Wildman–Crippen MR) is 76.6 cm³/mol. The van der Waals surface area contributed by atoms with Crippen LogP contribution in [0.25, 0.3) is 0 Å². The molecule has 19 heavy (non-hydrogen) atoms. The van der Waals surface area contributed by atoms with E-state index < -0.39 is 0 Å². The molecule has 0 spiro atoms. The van der Waals surface area contributed by atoms with Crippen molar-refractivity contribution in [2.75, 3.05) is 7.11 Å². The number of methoxy groups -OCH3 is 1. The topological polar surface area (TPSA) is 66.0 Å². The Balaban J connectivity index is 2.21. The minimum atomic E-state index is -0.144. The van der Waals surface area contributed by atoms with Crippen molar-refractivity contribution in [1.29, 1.82) is 0 Å². The van der Waals surface area contributed by atoms with Gasteiger partial charge in [-0.3, -0.25) is 4.68 Å². The smallest absolute Gasteiger partial charge is 0.161 e. The largest absolute Gasteiger partial charge is 0.493 e. The molecule has 2 rings (SSSR count). The summed E-state index contributed by atoms with van der Waals surface area (Å²) in [6.45, 7) is 4.96. The molecule has 2 aromatic rings. The number of hydrogen-bond acceptors (Lipinski definition) is 5. The minimum Gasteiger partial charge on any atom is -0.493 e. The Bertz CT molecular complexity index is 534. The minimum absolute atomic E-state index is 0.144. The lowest BCUT2D eigenvalue weighted by molar-refractivity contribution is 0.400. The molecule has 2 heterocycles. The highest BCUT2D eigenvalue weighted by molar-refractivity contribution is 7.09. The number of thiazole rings is 1. The monoisotopic (exact) mass is 280 g/mol. The molecule has 0 aliphatic rings. The molecule has 2 aromatic heterocycles. The first-order valence-corrected chi connectivity index (χ1v) is 7.30. The number of ether oxygens (including phenoxy) is 1. The van der Waals surface area contributed by atoms with Gasteiger partial charge in [0.2, 0.25) is 0 Å². The Hall–Kier alpha value is -1.40. The fraction of sp³-hybridized carbons (Fsp3) is 0.538. The van der Waals surface area contributed by atoms with Crippen LogP contribution in [0.3, 0.4) is 0 Å². The molecule has 0 saturated heterocycles. The van der Waals surface area contributed by atoms with Crippen LogP contribution in [0.5, 0.6) is 5.75 Å². The van der Waals surface area contributed by atoms with Crippen LogP contribution in [-0.4, -0.2) is 21.9 Å². The van der Waals surface area contributed by atoms with E-state index in [0.29, 0.717) is 6.42 Å². The lowest BCUT2D eigenvalue weighted by Gasteiger charge is -2.14. The number of aryl methyl sites for hydroxylation is 2. The molecule has 1 unspecified atom stereocenters. The third-order valence-corrected chi connectivity index (χ3v) is 3.90. The highest BCUT2D eigenvalue weighted by Gasteiger charge is 2.19. The fourth-order valence-electron chi connectivity index (χ4n) is 2.08. The van der Waals surface area contributed by atoms with Crippen molar-refractivity contribution in [2.24, 2.45) is 5.73 Å². The SMILES string of the molecule is CCCn1ncc(OC)c1C(N)Cc1nc(C)cs1. The molecule has 0 radical (unpaired) electrons. The second-order valence-corrected chi connectivity index (χ2v) is 5.46. The molecule has 0 saturated carbocycles. The number of rotatable bonds is 6. The molecule has 0 aliphatic heterocycles. The molecule has 1 atom stereocenters. The summed E-state index contributed by atoms with van der Waals surface area (Å²) in [4.78, 5) is 4.46. The summed E-state index contributed by atoms with van der Waals surface area (Å²) in [5.41, 5.74) is 8.31. The summed E-state index contributed by atoms with van der Waals surface area (Å²) < 4.78 is 7.29. The maximum Gasteiger partial charge on any atom is 0.161 e. The van der Waals surface area contributed by atoms with Gasteiger partial charge in [0.15, 0.2) is 5.75 Å². The van der Waals surface area contributed by atoms with Gasteiger partial charge in [-0.25, -0.2) is 4.98 Å². The molecular formula is C13H20N4OS. The van der Waals surface area contributed by atoms with E-state index >= 15 is 0 Å². The van der Waals surface area contributed by atoms with Crippen LogP contribution in [0, 0.1) is 6.92 Å². The van der Waals surface area contributed by atoms with E-state index in [-0.39, 0.29) is 6.04 Å². The first-order valence-electron chi connectivity index (χ1n) is 6.42. The summed E-state index contributed by atoms with van der Waals surface area (Å²) in [7, 11) is 1.65. The molecule has 0 aromatic carbocycles. The van der Waals surface area contributed by atoms with Crippen LogP contribution >= 0.6 is 11.3 Å². The van der Waals surface area contributed by atoms with E-state index in [9.17, 15) is 0 Å². The van der Waals surface area contributed by atoms with E-state index in [2.05, 4.69) is 17.0 Å². The summed E-state index contributed by atoms with van der Waals surface area (Å²) in [5.74, 6) is 0.759. The first kappa shape index (κ1) is 14.0.